The summed E-state index contributed by atoms with van der Waals surface area (Å²) in [6, 6.07) is 0. The van der Waals surface area contributed by atoms with E-state index in [0.29, 0.717) is 24.2 Å². The van der Waals surface area contributed by atoms with Crippen LogP contribution in [0.3, 0.4) is 0 Å². The van der Waals surface area contributed by atoms with Gasteiger partial charge in [-0.3, -0.25) is 4.79 Å². The van der Waals surface area contributed by atoms with Crippen LogP contribution in [0.4, 0.5) is 0 Å². The van der Waals surface area contributed by atoms with Gasteiger partial charge in [-0.05, 0) is 55.8 Å². The number of hydrogen-bond donors (Lipinski definition) is 3. The highest BCUT2D eigenvalue weighted by Gasteiger charge is 2.45. The standard InChI is InChI=1S/C23H38O4/c1-4-7-15(2)16(3)21(24)11-10-19-20-13-17(8-5-6-9-23(26)27)12-18(20)14-22(19)25/h8,10-11,15-16,18-22,24-25H,4-7,9,12-14H2,1-3H3,(H,26,27)/b11-10+,17-8+/t15?,16?,18-,19-,20+,21+,22-/m1/s1. The van der Waals surface area contributed by atoms with Crippen molar-refractivity contribution in [3.05, 3.63) is 23.8 Å². The van der Waals surface area contributed by atoms with Crippen molar-refractivity contribution in [2.45, 2.75) is 84.3 Å². The third-order valence-electron chi connectivity index (χ3n) is 6.85. The maximum Gasteiger partial charge on any atom is 0.303 e. The fraction of sp³-hybridized carbons (Fsp3) is 0.783. The molecule has 2 rings (SSSR count). The molecule has 27 heavy (non-hydrogen) atoms. The van der Waals surface area contributed by atoms with Crippen LogP contribution >= 0.6 is 0 Å². The topological polar surface area (TPSA) is 77.8 Å². The summed E-state index contributed by atoms with van der Waals surface area (Å²) in [6.07, 6.45) is 12.3. The highest BCUT2D eigenvalue weighted by atomic mass is 16.4. The van der Waals surface area contributed by atoms with Crippen LogP contribution < -0.4 is 0 Å². The summed E-state index contributed by atoms with van der Waals surface area (Å²) >= 11 is 0. The largest absolute Gasteiger partial charge is 0.481 e. The molecule has 4 heteroatoms. The fourth-order valence-electron chi connectivity index (χ4n) is 4.97. The number of rotatable bonds is 10. The van der Waals surface area contributed by atoms with Crippen LogP contribution in [0, 0.1) is 29.6 Å². The third-order valence-corrected chi connectivity index (χ3v) is 6.85. The second-order valence-corrected chi connectivity index (χ2v) is 8.86. The molecule has 2 saturated carbocycles. The molecular formula is C23H38O4. The molecule has 2 aliphatic rings. The first kappa shape index (κ1) is 22.2. The first-order chi connectivity index (χ1) is 12.8. The number of carboxylic acids is 1. The molecule has 3 N–H and O–H groups in total. The molecule has 4 nitrogen and oxygen atoms in total. The minimum atomic E-state index is -0.731. The van der Waals surface area contributed by atoms with Crippen molar-refractivity contribution >= 4 is 5.97 Å². The van der Waals surface area contributed by atoms with Gasteiger partial charge >= 0.3 is 5.97 Å². The molecule has 0 aromatic carbocycles. The van der Waals surface area contributed by atoms with E-state index in [1.54, 1.807) is 0 Å². The van der Waals surface area contributed by atoms with Gasteiger partial charge in [0.25, 0.3) is 0 Å². The molecule has 154 valence electrons. The molecule has 0 spiro atoms. The van der Waals surface area contributed by atoms with E-state index in [1.165, 1.54) is 5.57 Å². The van der Waals surface area contributed by atoms with Gasteiger partial charge in [0.05, 0.1) is 12.2 Å². The summed E-state index contributed by atoms with van der Waals surface area (Å²) in [4.78, 5) is 10.6. The van der Waals surface area contributed by atoms with E-state index in [0.717, 1.165) is 38.5 Å². The lowest BCUT2D eigenvalue weighted by molar-refractivity contribution is -0.137. The number of allylic oxidation sites excluding steroid dienone is 2. The van der Waals surface area contributed by atoms with Crippen molar-refractivity contribution in [3.8, 4) is 0 Å². The van der Waals surface area contributed by atoms with Crippen molar-refractivity contribution in [3.63, 3.8) is 0 Å². The molecule has 2 fully saturated rings. The molecule has 7 atom stereocenters. The summed E-state index contributed by atoms with van der Waals surface area (Å²) in [5.41, 5.74) is 1.42. The minimum absolute atomic E-state index is 0.128. The molecule has 0 aliphatic heterocycles. The van der Waals surface area contributed by atoms with Crippen molar-refractivity contribution < 1.29 is 20.1 Å². The third kappa shape index (κ3) is 6.18. The van der Waals surface area contributed by atoms with Gasteiger partial charge in [-0.15, -0.1) is 0 Å². The minimum Gasteiger partial charge on any atom is -0.481 e. The first-order valence-corrected chi connectivity index (χ1v) is 10.8. The molecular weight excluding hydrogens is 340 g/mol. The molecule has 2 aliphatic carbocycles. The summed E-state index contributed by atoms with van der Waals surface area (Å²) in [7, 11) is 0. The van der Waals surface area contributed by atoms with Crippen molar-refractivity contribution in [2.24, 2.45) is 29.6 Å². The predicted molar refractivity (Wildman–Crippen MR) is 108 cm³/mol. The first-order valence-electron chi connectivity index (χ1n) is 10.8. The van der Waals surface area contributed by atoms with Crippen molar-refractivity contribution in [2.75, 3.05) is 0 Å². The zero-order chi connectivity index (χ0) is 20.0. The number of carboxylic acid groups (broad SMARTS) is 1. The molecule has 0 amide bonds. The van der Waals surface area contributed by atoms with Gasteiger partial charge in [-0.2, -0.15) is 0 Å². The Bertz CT molecular complexity index is 538. The van der Waals surface area contributed by atoms with E-state index >= 15 is 0 Å². The second-order valence-electron chi connectivity index (χ2n) is 8.86. The van der Waals surface area contributed by atoms with E-state index in [2.05, 4.69) is 32.9 Å². The average Bonchev–Trinajstić information content (AvgIpc) is 3.12. The van der Waals surface area contributed by atoms with Gasteiger partial charge < -0.3 is 15.3 Å². The molecule has 0 saturated heterocycles. The number of carbonyl (C=O) groups is 1. The van der Waals surface area contributed by atoms with Crippen LogP contribution in [0.2, 0.25) is 0 Å². The summed E-state index contributed by atoms with van der Waals surface area (Å²) in [5.74, 6) is 1.09. The molecule has 0 aromatic heterocycles. The van der Waals surface area contributed by atoms with E-state index in [9.17, 15) is 15.0 Å². The number of hydrogen-bond acceptors (Lipinski definition) is 3. The van der Waals surface area contributed by atoms with Crippen molar-refractivity contribution in [1.82, 2.24) is 0 Å². The highest BCUT2D eigenvalue weighted by Crippen LogP contribution is 2.50. The Morgan fingerprint density at radius 3 is 2.70 bits per heavy atom. The Hall–Kier alpha value is -1.13. The lowest BCUT2D eigenvalue weighted by Gasteiger charge is -2.24. The van der Waals surface area contributed by atoms with Crippen LogP contribution in [0.1, 0.15) is 72.1 Å². The normalized spacial score (nSPS) is 32.7. The van der Waals surface area contributed by atoms with Crippen molar-refractivity contribution in [1.29, 1.82) is 0 Å². The molecule has 0 heterocycles. The number of aliphatic hydroxyl groups excluding tert-OH is 2. The molecule has 2 unspecified atom stereocenters. The SMILES string of the molecule is CCCC(C)C(C)[C@@H](O)/C=C/[C@@H]1[C@H]2C/C(=C/CCCC(=O)O)C[C@@H]2C[C@H]1O. The maximum absolute atomic E-state index is 10.6. The van der Waals surface area contributed by atoms with Gasteiger partial charge in [0.1, 0.15) is 0 Å². The second kappa shape index (κ2) is 10.4. The summed E-state index contributed by atoms with van der Waals surface area (Å²) in [5, 5.41) is 29.7. The lowest BCUT2D eigenvalue weighted by atomic mass is 9.85. The molecule has 0 bridgehead atoms. The van der Waals surface area contributed by atoms with Crippen LogP contribution in [0.5, 0.6) is 0 Å². The number of aliphatic hydroxyl groups is 2. The van der Waals surface area contributed by atoms with E-state index in [-0.39, 0.29) is 24.4 Å². The highest BCUT2D eigenvalue weighted by molar-refractivity contribution is 5.66. The van der Waals surface area contributed by atoms with E-state index in [4.69, 9.17) is 5.11 Å². The van der Waals surface area contributed by atoms with Crippen LogP contribution in [0.15, 0.2) is 23.8 Å². The number of fused-ring (bicyclic) bond motifs is 1. The Morgan fingerprint density at radius 1 is 1.30 bits per heavy atom. The van der Waals surface area contributed by atoms with Crippen LogP contribution in [-0.2, 0) is 4.79 Å². The average molecular weight is 379 g/mol. The molecule has 0 aromatic rings. The van der Waals surface area contributed by atoms with Gasteiger partial charge in [-0.1, -0.05) is 57.4 Å². The zero-order valence-electron chi connectivity index (χ0n) is 17.2. The summed E-state index contributed by atoms with van der Waals surface area (Å²) < 4.78 is 0. The van der Waals surface area contributed by atoms with Gasteiger partial charge in [0.2, 0.25) is 0 Å². The Morgan fingerprint density at radius 2 is 2.04 bits per heavy atom. The Balaban J connectivity index is 1.90. The summed E-state index contributed by atoms with van der Waals surface area (Å²) in [6.45, 7) is 6.48. The predicted octanol–water partition coefficient (Wildman–Crippen LogP) is 4.56. The van der Waals surface area contributed by atoms with Crippen LogP contribution in [-0.4, -0.2) is 33.5 Å². The lowest BCUT2D eigenvalue weighted by Crippen LogP contribution is -2.23. The number of unbranched alkanes of at least 4 members (excludes halogenated alkanes) is 1. The molecule has 0 radical (unpaired) electrons. The van der Waals surface area contributed by atoms with E-state index < -0.39 is 12.1 Å². The smallest absolute Gasteiger partial charge is 0.303 e. The maximum atomic E-state index is 10.6. The van der Waals surface area contributed by atoms with Crippen LogP contribution in [0.25, 0.3) is 0 Å². The monoisotopic (exact) mass is 378 g/mol. The quantitative estimate of drug-likeness (QED) is 0.384. The number of aliphatic carboxylic acids is 1. The van der Waals surface area contributed by atoms with Gasteiger partial charge in [0, 0.05) is 12.3 Å². The fourth-order valence-corrected chi connectivity index (χ4v) is 4.97. The zero-order valence-corrected chi connectivity index (χ0v) is 17.2. The van der Waals surface area contributed by atoms with Gasteiger partial charge in [-0.25, -0.2) is 0 Å². The van der Waals surface area contributed by atoms with Gasteiger partial charge in [0.15, 0.2) is 0 Å². The Labute approximate surface area is 164 Å². The Kier molecular flexibility index (Phi) is 8.56. The van der Waals surface area contributed by atoms with E-state index in [1.807, 2.05) is 6.08 Å².